The van der Waals surface area contributed by atoms with Gasteiger partial charge in [-0.15, -0.1) is 11.3 Å². The van der Waals surface area contributed by atoms with Crippen LogP contribution in [0.25, 0.3) is 0 Å². The van der Waals surface area contributed by atoms with Gasteiger partial charge in [0.2, 0.25) is 0 Å². The van der Waals surface area contributed by atoms with Gasteiger partial charge in [-0.1, -0.05) is 19.1 Å². The molecule has 1 heterocycles. The Balaban J connectivity index is 2.20. The minimum Gasteiger partial charge on any atom is -0.316 e. The van der Waals surface area contributed by atoms with Crippen LogP contribution in [0.5, 0.6) is 0 Å². The first-order valence-electron chi connectivity index (χ1n) is 6.69. The van der Waals surface area contributed by atoms with Crippen molar-refractivity contribution >= 4 is 26.5 Å². The maximum absolute atomic E-state index is 12.3. The van der Waals surface area contributed by atoms with Gasteiger partial charge < -0.3 is 5.32 Å². The molecular formula is C14H19N3O2S2. The lowest BCUT2D eigenvalue weighted by Gasteiger charge is -2.06. The van der Waals surface area contributed by atoms with E-state index in [1.165, 1.54) is 11.3 Å². The fourth-order valence-electron chi connectivity index (χ4n) is 1.96. The van der Waals surface area contributed by atoms with E-state index >= 15 is 0 Å². The van der Waals surface area contributed by atoms with Gasteiger partial charge >= 0.3 is 0 Å². The van der Waals surface area contributed by atoms with E-state index in [0.717, 1.165) is 22.6 Å². The quantitative estimate of drug-likeness (QED) is 0.856. The fraction of sp³-hybridized carbons (Fsp3) is 0.357. The molecule has 1 aromatic carbocycles. The summed E-state index contributed by atoms with van der Waals surface area (Å²) >= 11 is 1.36. The zero-order chi connectivity index (χ0) is 15.5. The van der Waals surface area contributed by atoms with E-state index in [9.17, 15) is 8.42 Å². The van der Waals surface area contributed by atoms with Crippen molar-refractivity contribution in [2.24, 2.45) is 0 Å². The van der Waals surface area contributed by atoms with Gasteiger partial charge in [0.1, 0.15) is 0 Å². The number of hydrogen-bond donors (Lipinski definition) is 2. The van der Waals surface area contributed by atoms with Gasteiger partial charge in [0.25, 0.3) is 10.0 Å². The number of aromatic nitrogens is 1. The number of hydrogen-bond acceptors (Lipinski definition) is 5. The Morgan fingerprint density at radius 3 is 2.43 bits per heavy atom. The lowest BCUT2D eigenvalue weighted by atomic mass is 10.2. The number of sulfonamides is 1. The number of anilines is 1. The summed E-state index contributed by atoms with van der Waals surface area (Å²) in [5.41, 5.74) is 1.97. The first-order chi connectivity index (χ1) is 9.96. The molecule has 21 heavy (non-hydrogen) atoms. The fourth-order valence-corrected chi connectivity index (χ4v) is 4.10. The summed E-state index contributed by atoms with van der Waals surface area (Å²) in [5, 5.41) is 3.44. The zero-order valence-corrected chi connectivity index (χ0v) is 13.9. The van der Waals surface area contributed by atoms with Crippen molar-refractivity contribution < 1.29 is 8.42 Å². The number of rotatable bonds is 6. The van der Waals surface area contributed by atoms with Crippen molar-refractivity contribution in [3.8, 4) is 0 Å². The van der Waals surface area contributed by atoms with Crippen LogP contribution < -0.4 is 10.0 Å². The third-order valence-electron chi connectivity index (χ3n) is 3.06. The molecule has 0 aliphatic carbocycles. The highest BCUT2D eigenvalue weighted by Gasteiger charge is 2.17. The van der Waals surface area contributed by atoms with Crippen LogP contribution in [0.3, 0.4) is 0 Å². The molecule has 0 saturated heterocycles. The van der Waals surface area contributed by atoms with Crippen molar-refractivity contribution in [1.82, 2.24) is 10.3 Å². The van der Waals surface area contributed by atoms with Crippen LogP contribution in [-0.4, -0.2) is 20.4 Å². The van der Waals surface area contributed by atoms with Crippen LogP contribution in [-0.2, 0) is 23.0 Å². The van der Waals surface area contributed by atoms with Crippen LogP contribution >= 0.6 is 11.3 Å². The normalized spacial score (nSPS) is 11.6. The highest BCUT2D eigenvalue weighted by atomic mass is 32.2. The zero-order valence-electron chi connectivity index (χ0n) is 12.3. The summed E-state index contributed by atoms with van der Waals surface area (Å²) in [6.07, 6.45) is 0.794. The van der Waals surface area contributed by atoms with Crippen molar-refractivity contribution in [2.45, 2.75) is 31.7 Å². The van der Waals surface area contributed by atoms with Gasteiger partial charge in [0.15, 0.2) is 5.13 Å². The van der Waals surface area contributed by atoms with E-state index in [0.29, 0.717) is 11.7 Å². The van der Waals surface area contributed by atoms with Gasteiger partial charge in [-0.2, -0.15) is 0 Å². The standard InChI is InChI=1S/C14H19N3O2S2/c1-4-13-10(2)20-14(16-13)17-21(18,19)12-7-5-11(6-8-12)9-15-3/h5-8,15H,4,9H2,1-3H3,(H,16,17). The van der Waals surface area contributed by atoms with Crippen LogP contribution in [0.2, 0.25) is 0 Å². The number of nitrogens with zero attached hydrogens (tertiary/aromatic N) is 1. The molecule has 2 rings (SSSR count). The van der Waals surface area contributed by atoms with Crippen molar-refractivity contribution in [1.29, 1.82) is 0 Å². The van der Waals surface area contributed by atoms with Crippen molar-refractivity contribution in [2.75, 3.05) is 11.8 Å². The molecule has 2 aromatic rings. The Hall–Kier alpha value is -1.44. The first kappa shape index (κ1) is 15.9. The van der Waals surface area contributed by atoms with E-state index in [1.54, 1.807) is 24.3 Å². The van der Waals surface area contributed by atoms with Crippen molar-refractivity contribution in [3.63, 3.8) is 0 Å². The van der Waals surface area contributed by atoms with E-state index in [1.807, 2.05) is 20.9 Å². The average molecular weight is 325 g/mol. The number of thiazole rings is 1. The lowest BCUT2D eigenvalue weighted by molar-refractivity contribution is 0.601. The summed E-state index contributed by atoms with van der Waals surface area (Å²) < 4.78 is 27.2. The summed E-state index contributed by atoms with van der Waals surface area (Å²) in [7, 11) is -1.73. The van der Waals surface area contributed by atoms with Crippen LogP contribution in [0.15, 0.2) is 29.2 Å². The van der Waals surface area contributed by atoms with Crippen molar-refractivity contribution in [3.05, 3.63) is 40.4 Å². The maximum atomic E-state index is 12.3. The second kappa shape index (κ2) is 6.55. The average Bonchev–Trinajstić information content (AvgIpc) is 2.79. The van der Waals surface area contributed by atoms with E-state index in [-0.39, 0.29) is 4.90 Å². The molecule has 0 fully saturated rings. The Bertz CT molecular complexity index is 706. The Morgan fingerprint density at radius 2 is 1.90 bits per heavy atom. The largest absolute Gasteiger partial charge is 0.316 e. The SMILES string of the molecule is CCc1nc(NS(=O)(=O)c2ccc(CNC)cc2)sc1C. The summed E-state index contributed by atoms with van der Waals surface area (Å²) in [6.45, 7) is 4.65. The third kappa shape index (κ3) is 3.81. The van der Waals surface area contributed by atoms with E-state index in [4.69, 9.17) is 0 Å². The molecule has 114 valence electrons. The molecule has 0 atom stereocenters. The number of nitrogens with one attached hydrogen (secondary N) is 2. The molecular weight excluding hydrogens is 306 g/mol. The van der Waals surface area contributed by atoms with Crippen LogP contribution in [0, 0.1) is 6.92 Å². The van der Waals surface area contributed by atoms with Crippen LogP contribution in [0.4, 0.5) is 5.13 Å². The van der Waals surface area contributed by atoms with Gasteiger partial charge in [0.05, 0.1) is 10.6 Å². The van der Waals surface area contributed by atoms with Gasteiger partial charge in [-0.3, -0.25) is 4.72 Å². The van der Waals surface area contributed by atoms with E-state index in [2.05, 4.69) is 15.0 Å². The third-order valence-corrected chi connectivity index (χ3v) is 5.48. The van der Waals surface area contributed by atoms with Crippen LogP contribution in [0.1, 0.15) is 23.1 Å². The monoisotopic (exact) mass is 325 g/mol. The molecule has 0 spiro atoms. The Labute approximate surface area is 129 Å². The lowest BCUT2D eigenvalue weighted by Crippen LogP contribution is -2.13. The second-order valence-electron chi connectivity index (χ2n) is 4.66. The molecule has 7 heteroatoms. The molecule has 0 radical (unpaired) electrons. The maximum Gasteiger partial charge on any atom is 0.263 e. The Morgan fingerprint density at radius 1 is 1.24 bits per heavy atom. The highest BCUT2D eigenvalue weighted by molar-refractivity contribution is 7.93. The molecule has 0 bridgehead atoms. The number of benzene rings is 1. The predicted octanol–water partition coefficient (Wildman–Crippen LogP) is 2.53. The minimum absolute atomic E-state index is 0.244. The topological polar surface area (TPSA) is 71.1 Å². The highest BCUT2D eigenvalue weighted by Crippen LogP contribution is 2.25. The summed E-state index contributed by atoms with van der Waals surface area (Å²) in [6, 6.07) is 6.82. The molecule has 0 saturated carbocycles. The molecule has 5 nitrogen and oxygen atoms in total. The van der Waals surface area contributed by atoms with Gasteiger partial charge in [-0.05, 0) is 38.1 Å². The summed E-state index contributed by atoms with van der Waals surface area (Å²) in [5.74, 6) is 0. The smallest absolute Gasteiger partial charge is 0.263 e. The van der Waals surface area contributed by atoms with Gasteiger partial charge in [-0.25, -0.2) is 13.4 Å². The molecule has 0 aliphatic rings. The van der Waals surface area contributed by atoms with E-state index < -0.39 is 10.0 Å². The number of aryl methyl sites for hydroxylation is 2. The molecule has 1 aromatic heterocycles. The van der Waals surface area contributed by atoms with Gasteiger partial charge in [0, 0.05) is 11.4 Å². The molecule has 0 aliphatic heterocycles. The summed E-state index contributed by atoms with van der Waals surface area (Å²) in [4.78, 5) is 5.59. The molecule has 0 unspecified atom stereocenters. The second-order valence-corrected chi connectivity index (χ2v) is 7.54. The molecule has 0 amide bonds. The Kier molecular flexibility index (Phi) is 4.97. The minimum atomic E-state index is -3.58. The first-order valence-corrected chi connectivity index (χ1v) is 8.99. The molecule has 2 N–H and O–H groups in total. The predicted molar refractivity (Wildman–Crippen MR) is 86.2 cm³/mol.